The van der Waals surface area contributed by atoms with Gasteiger partial charge in [0.05, 0.1) is 0 Å². The Balaban J connectivity index is 1.76. The highest BCUT2D eigenvalue weighted by Gasteiger charge is 2.12. The molecule has 2 rings (SSSR count). The van der Waals surface area contributed by atoms with E-state index in [2.05, 4.69) is 10.3 Å². The molecule has 0 aromatic carbocycles. The quantitative estimate of drug-likeness (QED) is 0.785. The van der Waals surface area contributed by atoms with Crippen molar-refractivity contribution < 1.29 is 4.74 Å². The third-order valence-electron chi connectivity index (χ3n) is 2.57. The summed E-state index contributed by atoms with van der Waals surface area (Å²) < 4.78 is 5.30. The van der Waals surface area contributed by atoms with Crippen LogP contribution in [-0.2, 0) is 11.3 Å². The van der Waals surface area contributed by atoms with Gasteiger partial charge in [-0.3, -0.25) is 4.98 Å². The smallest absolute Gasteiger partial charge is 0.0480 e. The predicted octanol–water partition coefficient (Wildman–Crippen LogP) is 1.35. The lowest BCUT2D eigenvalue weighted by molar-refractivity contribution is 0.0776. The van der Waals surface area contributed by atoms with E-state index in [4.69, 9.17) is 4.74 Å². The molecule has 0 amide bonds. The molecule has 1 aliphatic rings. The highest BCUT2D eigenvalue weighted by molar-refractivity contribution is 5.09. The van der Waals surface area contributed by atoms with E-state index in [0.717, 1.165) is 32.6 Å². The number of aromatic nitrogens is 1. The summed E-state index contributed by atoms with van der Waals surface area (Å²) in [6.45, 7) is 2.73. The van der Waals surface area contributed by atoms with Gasteiger partial charge in [-0.1, -0.05) is 0 Å². The van der Waals surface area contributed by atoms with Gasteiger partial charge in [-0.25, -0.2) is 0 Å². The van der Waals surface area contributed by atoms with Gasteiger partial charge in [0.1, 0.15) is 0 Å². The highest BCUT2D eigenvalue weighted by Crippen LogP contribution is 2.07. The van der Waals surface area contributed by atoms with E-state index in [1.807, 2.05) is 24.5 Å². The summed E-state index contributed by atoms with van der Waals surface area (Å²) in [5, 5.41) is 3.53. The minimum atomic E-state index is 0.622. The van der Waals surface area contributed by atoms with Crippen LogP contribution >= 0.6 is 0 Å². The maximum absolute atomic E-state index is 5.30. The van der Waals surface area contributed by atoms with Gasteiger partial charge in [0.25, 0.3) is 0 Å². The number of ether oxygens (including phenoxy) is 1. The number of nitrogens with one attached hydrogen (secondary N) is 1. The van der Waals surface area contributed by atoms with Crippen molar-refractivity contribution in [2.45, 2.75) is 25.4 Å². The lowest BCUT2D eigenvalue weighted by atomic mass is 10.1. The Labute approximate surface area is 84.5 Å². The van der Waals surface area contributed by atoms with Crippen LogP contribution in [0.2, 0.25) is 0 Å². The van der Waals surface area contributed by atoms with Crippen LogP contribution < -0.4 is 5.32 Å². The zero-order valence-electron chi connectivity index (χ0n) is 8.28. The fourth-order valence-electron chi connectivity index (χ4n) is 1.66. The highest BCUT2D eigenvalue weighted by atomic mass is 16.5. The summed E-state index contributed by atoms with van der Waals surface area (Å²) in [5.41, 5.74) is 1.30. The summed E-state index contributed by atoms with van der Waals surface area (Å²) >= 11 is 0. The van der Waals surface area contributed by atoms with Gasteiger partial charge in [-0.15, -0.1) is 0 Å². The van der Waals surface area contributed by atoms with Crippen LogP contribution in [0.5, 0.6) is 0 Å². The first-order valence-corrected chi connectivity index (χ1v) is 5.15. The second kappa shape index (κ2) is 5.08. The molecule has 76 valence electrons. The number of rotatable bonds is 3. The summed E-state index contributed by atoms with van der Waals surface area (Å²) in [6, 6.07) is 4.72. The molecule has 0 aliphatic carbocycles. The fraction of sp³-hybridized carbons (Fsp3) is 0.545. The van der Waals surface area contributed by atoms with Gasteiger partial charge in [-0.2, -0.15) is 0 Å². The largest absolute Gasteiger partial charge is 0.381 e. The molecule has 2 heterocycles. The van der Waals surface area contributed by atoms with Crippen molar-refractivity contribution in [2.75, 3.05) is 13.2 Å². The molecule has 3 nitrogen and oxygen atoms in total. The van der Waals surface area contributed by atoms with Gasteiger partial charge in [-0.05, 0) is 30.5 Å². The molecule has 0 saturated carbocycles. The van der Waals surface area contributed by atoms with Crippen LogP contribution in [0.25, 0.3) is 0 Å². The Bertz CT molecular complexity index is 257. The topological polar surface area (TPSA) is 34.1 Å². The van der Waals surface area contributed by atoms with Gasteiger partial charge in [0, 0.05) is 38.2 Å². The van der Waals surface area contributed by atoms with Crippen LogP contribution in [0.3, 0.4) is 0 Å². The van der Waals surface area contributed by atoms with Crippen molar-refractivity contribution in [1.29, 1.82) is 0 Å². The maximum atomic E-state index is 5.30. The van der Waals surface area contributed by atoms with Gasteiger partial charge in [0.15, 0.2) is 0 Å². The number of hydrogen-bond acceptors (Lipinski definition) is 3. The summed E-state index contributed by atoms with van der Waals surface area (Å²) in [4.78, 5) is 3.99. The lowest BCUT2D eigenvalue weighted by Gasteiger charge is -2.23. The molecule has 0 spiro atoms. The summed E-state index contributed by atoms with van der Waals surface area (Å²) in [7, 11) is 0. The fourth-order valence-corrected chi connectivity index (χ4v) is 1.66. The van der Waals surface area contributed by atoms with E-state index in [9.17, 15) is 0 Å². The molecule has 3 heteroatoms. The Kier molecular flexibility index (Phi) is 3.49. The van der Waals surface area contributed by atoms with Crippen molar-refractivity contribution >= 4 is 0 Å². The molecular weight excluding hydrogens is 176 g/mol. The third-order valence-corrected chi connectivity index (χ3v) is 2.57. The van der Waals surface area contributed by atoms with Gasteiger partial charge >= 0.3 is 0 Å². The van der Waals surface area contributed by atoms with Gasteiger partial charge < -0.3 is 10.1 Å². The molecule has 0 atom stereocenters. The van der Waals surface area contributed by atoms with E-state index < -0.39 is 0 Å². The Morgan fingerprint density at radius 2 is 2.00 bits per heavy atom. The standard InChI is InChI=1S/C11H16N2O/c1-5-12-6-2-10(1)9-13-11-3-7-14-8-4-11/h1-2,5-6,11,13H,3-4,7-9H2. The molecule has 0 radical (unpaired) electrons. The zero-order chi connectivity index (χ0) is 9.64. The summed E-state index contributed by atoms with van der Waals surface area (Å²) in [6.07, 6.45) is 5.93. The van der Waals surface area contributed by atoms with Crippen molar-refractivity contribution in [2.24, 2.45) is 0 Å². The molecule has 0 bridgehead atoms. The number of nitrogens with zero attached hydrogens (tertiary/aromatic N) is 1. The van der Waals surface area contributed by atoms with Crippen LogP contribution in [0.1, 0.15) is 18.4 Å². The Hall–Kier alpha value is -0.930. The first-order chi connectivity index (χ1) is 6.95. The average molecular weight is 192 g/mol. The normalized spacial score (nSPS) is 18.3. The molecule has 14 heavy (non-hydrogen) atoms. The van der Waals surface area contributed by atoms with Crippen LogP contribution in [0.4, 0.5) is 0 Å². The molecule has 1 saturated heterocycles. The number of hydrogen-bond donors (Lipinski definition) is 1. The van der Waals surface area contributed by atoms with E-state index >= 15 is 0 Å². The lowest BCUT2D eigenvalue weighted by Crippen LogP contribution is -2.34. The molecule has 1 aromatic rings. The second-order valence-electron chi connectivity index (χ2n) is 3.62. The Morgan fingerprint density at radius 3 is 2.71 bits per heavy atom. The monoisotopic (exact) mass is 192 g/mol. The van der Waals surface area contributed by atoms with Gasteiger partial charge in [0.2, 0.25) is 0 Å². The van der Waals surface area contributed by atoms with Crippen molar-refractivity contribution in [3.8, 4) is 0 Å². The van der Waals surface area contributed by atoms with Crippen molar-refractivity contribution in [3.05, 3.63) is 30.1 Å². The van der Waals surface area contributed by atoms with Crippen LogP contribution in [0.15, 0.2) is 24.5 Å². The molecule has 1 N–H and O–H groups in total. The molecular formula is C11H16N2O. The van der Waals surface area contributed by atoms with E-state index in [-0.39, 0.29) is 0 Å². The van der Waals surface area contributed by atoms with Crippen LogP contribution in [0, 0.1) is 0 Å². The average Bonchev–Trinajstić information content (AvgIpc) is 2.29. The minimum absolute atomic E-state index is 0.622. The number of pyridine rings is 1. The molecule has 1 aliphatic heterocycles. The molecule has 1 fully saturated rings. The predicted molar refractivity (Wildman–Crippen MR) is 54.9 cm³/mol. The third kappa shape index (κ3) is 2.79. The second-order valence-corrected chi connectivity index (χ2v) is 3.62. The minimum Gasteiger partial charge on any atom is -0.381 e. The van der Waals surface area contributed by atoms with E-state index in [0.29, 0.717) is 6.04 Å². The molecule has 0 unspecified atom stereocenters. The van der Waals surface area contributed by atoms with Crippen molar-refractivity contribution in [1.82, 2.24) is 10.3 Å². The Morgan fingerprint density at radius 1 is 1.29 bits per heavy atom. The summed E-state index contributed by atoms with van der Waals surface area (Å²) in [5.74, 6) is 0. The molecule has 1 aromatic heterocycles. The van der Waals surface area contributed by atoms with E-state index in [1.165, 1.54) is 5.56 Å². The maximum Gasteiger partial charge on any atom is 0.0480 e. The van der Waals surface area contributed by atoms with Crippen molar-refractivity contribution in [3.63, 3.8) is 0 Å². The first kappa shape index (κ1) is 9.62. The zero-order valence-corrected chi connectivity index (χ0v) is 8.28. The SMILES string of the molecule is c1cc(CNC2CCOCC2)ccn1. The van der Waals surface area contributed by atoms with E-state index in [1.54, 1.807) is 0 Å². The first-order valence-electron chi connectivity index (χ1n) is 5.15. The van der Waals surface area contributed by atoms with Crippen LogP contribution in [-0.4, -0.2) is 24.2 Å².